The van der Waals surface area contributed by atoms with Gasteiger partial charge in [0.2, 0.25) is 12.2 Å². The van der Waals surface area contributed by atoms with Crippen LogP contribution in [0.5, 0.6) is 5.75 Å². The number of aliphatic hydroxyl groups excluding tert-OH is 1. The Morgan fingerprint density at radius 3 is 2.63 bits per heavy atom. The van der Waals surface area contributed by atoms with Crippen LogP contribution in [0.2, 0.25) is 0 Å². The van der Waals surface area contributed by atoms with E-state index in [-0.39, 0.29) is 50.1 Å². The lowest BCUT2D eigenvalue weighted by molar-refractivity contribution is -0.170. The minimum Gasteiger partial charge on any atom is -0.491 e. The van der Waals surface area contributed by atoms with Crippen molar-refractivity contribution < 1.29 is 38.4 Å². The molecule has 2 unspecified atom stereocenters. The molecule has 4 rings (SSSR count). The van der Waals surface area contributed by atoms with Crippen molar-refractivity contribution in [2.45, 2.75) is 44.4 Å². The Balaban J connectivity index is 1.32. The molecule has 1 aromatic rings. The second-order valence-corrected chi connectivity index (χ2v) is 9.46. The molecule has 0 saturated carbocycles. The van der Waals surface area contributed by atoms with E-state index >= 15 is 0 Å². The molecule has 0 aliphatic carbocycles. The first-order valence-electron chi connectivity index (χ1n) is 13.2. The number of Topliss-reactive ketones (excluding diaryl/α,β-unsaturated/α-hetero) is 2. The third-order valence-corrected chi connectivity index (χ3v) is 6.62. The Labute approximate surface area is 222 Å². The molecule has 0 spiro atoms. The average molecular weight is 529 g/mol. The van der Waals surface area contributed by atoms with E-state index < -0.39 is 12.3 Å². The molecule has 1 aromatic carbocycles. The molecule has 3 heterocycles. The van der Waals surface area contributed by atoms with Gasteiger partial charge in [0.25, 0.3) is 0 Å². The number of nitrogens with zero attached hydrogens (tertiary/aromatic N) is 1. The molecule has 2 N–H and O–H groups in total. The summed E-state index contributed by atoms with van der Waals surface area (Å²) in [5.74, 6) is 0.502. The minimum absolute atomic E-state index is 0.0734. The van der Waals surface area contributed by atoms with Crippen LogP contribution in [0.1, 0.15) is 42.5 Å². The van der Waals surface area contributed by atoms with Gasteiger partial charge in [-0.05, 0) is 68.8 Å². The number of nitrogens with one attached hydrogen (secondary N) is 1. The van der Waals surface area contributed by atoms with Gasteiger partial charge in [-0.1, -0.05) is 0 Å². The fourth-order valence-electron chi connectivity index (χ4n) is 4.65. The summed E-state index contributed by atoms with van der Waals surface area (Å²) in [6, 6.07) is 5.99. The first-order valence-corrected chi connectivity index (χ1v) is 13.2. The van der Waals surface area contributed by atoms with Crippen LogP contribution in [0.3, 0.4) is 0 Å². The van der Waals surface area contributed by atoms with Crippen LogP contribution in [0, 0.1) is 0 Å². The fraction of sp³-hybridized carbons (Fsp3) is 0.536. The van der Waals surface area contributed by atoms with Crippen LogP contribution in [0.4, 0.5) is 0 Å². The van der Waals surface area contributed by atoms with Crippen molar-refractivity contribution in [1.29, 1.82) is 0 Å². The minimum atomic E-state index is -0.716. The number of carbonyl (C=O) groups excluding carboxylic acids is 3. The number of likely N-dealkylation sites (tertiary alicyclic amines) is 1. The van der Waals surface area contributed by atoms with Crippen LogP contribution in [0.15, 0.2) is 47.7 Å². The Morgan fingerprint density at radius 1 is 1.08 bits per heavy atom. The highest BCUT2D eigenvalue weighted by molar-refractivity contribution is 6.04. The van der Waals surface area contributed by atoms with Crippen molar-refractivity contribution in [1.82, 2.24) is 10.2 Å². The standard InChI is InChI=1S/C28H36N2O8/c31-13-15-35-22-8-6-20(7-9-22)24(32)4-3-5-26(33)29-23(19-30-11-1-2-12-30)27(34)21-10-14-37-28-25(18-21)36-16-17-38-28/h6-10,18,23,28,31H,1-5,11-17,19H2,(H,29,33). The fourth-order valence-corrected chi connectivity index (χ4v) is 4.65. The molecule has 2 atom stereocenters. The van der Waals surface area contributed by atoms with Crippen molar-refractivity contribution in [3.05, 3.63) is 53.3 Å². The molecule has 2 fully saturated rings. The summed E-state index contributed by atoms with van der Waals surface area (Å²) < 4.78 is 22.1. The summed E-state index contributed by atoms with van der Waals surface area (Å²) in [5.41, 5.74) is 0.964. The predicted octanol–water partition coefficient (Wildman–Crippen LogP) is 1.77. The van der Waals surface area contributed by atoms with Gasteiger partial charge in [-0.25, -0.2) is 0 Å². The maximum Gasteiger partial charge on any atom is 0.220 e. The summed E-state index contributed by atoms with van der Waals surface area (Å²) >= 11 is 0. The van der Waals surface area contributed by atoms with E-state index in [2.05, 4.69) is 10.2 Å². The molecular weight excluding hydrogens is 492 g/mol. The number of aliphatic hydroxyl groups is 1. The van der Waals surface area contributed by atoms with Crippen molar-refractivity contribution in [3.8, 4) is 5.75 Å². The lowest BCUT2D eigenvalue weighted by atomic mass is 10.0. The third-order valence-electron chi connectivity index (χ3n) is 6.62. The number of amides is 1. The van der Waals surface area contributed by atoms with Crippen LogP contribution < -0.4 is 10.1 Å². The summed E-state index contributed by atoms with van der Waals surface area (Å²) in [5, 5.41) is 11.7. The quantitative estimate of drug-likeness (QED) is 0.369. The van der Waals surface area contributed by atoms with Crippen LogP contribution in [-0.2, 0) is 23.8 Å². The van der Waals surface area contributed by atoms with E-state index in [1.807, 2.05) is 0 Å². The molecule has 0 aromatic heterocycles. The average Bonchev–Trinajstić information content (AvgIpc) is 3.35. The highest BCUT2D eigenvalue weighted by Crippen LogP contribution is 2.22. The van der Waals surface area contributed by atoms with E-state index in [4.69, 9.17) is 24.1 Å². The highest BCUT2D eigenvalue weighted by Gasteiger charge is 2.30. The van der Waals surface area contributed by atoms with Gasteiger partial charge in [0, 0.05) is 30.5 Å². The van der Waals surface area contributed by atoms with Gasteiger partial charge in [0.05, 0.1) is 19.8 Å². The Kier molecular flexibility index (Phi) is 10.5. The number of hydrogen-bond acceptors (Lipinski definition) is 9. The number of allylic oxidation sites excluding steroid dienone is 1. The first kappa shape index (κ1) is 28.0. The smallest absolute Gasteiger partial charge is 0.220 e. The highest BCUT2D eigenvalue weighted by atomic mass is 16.7. The third kappa shape index (κ3) is 7.97. The van der Waals surface area contributed by atoms with Crippen LogP contribution >= 0.6 is 0 Å². The molecule has 0 bridgehead atoms. The number of ketones is 2. The SMILES string of the molecule is O=C(CCCC(=O)c1ccc(OCCO)cc1)NC(CN1CCCC1)C(=O)C1=CCOC2OCCOC2=C1. The molecule has 2 saturated heterocycles. The molecule has 3 aliphatic rings. The van der Waals surface area contributed by atoms with Crippen molar-refractivity contribution >= 4 is 17.5 Å². The summed E-state index contributed by atoms with van der Waals surface area (Å²) in [6.45, 7) is 3.33. The van der Waals surface area contributed by atoms with Gasteiger partial charge < -0.3 is 34.3 Å². The lowest BCUT2D eigenvalue weighted by Crippen LogP contribution is -2.48. The second kappa shape index (κ2) is 14.2. The molecule has 1 amide bonds. The number of benzene rings is 1. The molecule has 0 radical (unpaired) electrons. The zero-order valence-corrected chi connectivity index (χ0v) is 21.6. The zero-order chi connectivity index (χ0) is 26.7. The Bertz CT molecular complexity index is 1030. The van der Waals surface area contributed by atoms with E-state index in [1.54, 1.807) is 36.4 Å². The maximum atomic E-state index is 13.5. The number of hydrogen-bond donors (Lipinski definition) is 2. The normalized spacial score (nSPS) is 20.3. The van der Waals surface area contributed by atoms with Gasteiger partial charge in [-0.2, -0.15) is 0 Å². The van der Waals surface area contributed by atoms with E-state index in [0.717, 1.165) is 25.9 Å². The van der Waals surface area contributed by atoms with Crippen molar-refractivity contribution in [2.24, 2.45) is 0 Å². The second-order valence-electron chi connectivity index (χ2n) is 9.46. The van der Waals surface area contributed by atoms with E-state index in [0.29, 0.717) is 48.8 Å². The van der Waals surface area contributed by atoms with Gasteiger partial charge in [0.1, 0.15) is 25.0 Å². The lowest BCUT2D eigenvalue weighted by Gasteiger charge is -2.25. The Hall–Kier alpha value is -3.05. The topological polar surface area (TPSA) is 124 Å². The van der Waals surface area contributed by atoms with Crippen LogP contribution in [0.25, 0.3) is 0 Å². The molecule has 10 heteroatoms. The number of rotatable bonds is 13. The molecular formula is C28H36N2O8. The summed E-state index contributed by atoms with van der Waals surface area (Å²) in [4.78, 5) is 41.1. The van der Waals surface area contributed by atoms with E-state index in [1.165, 1.54) is 0 Å². The van der Waals surface area contributed by atoms with Crippen molar-refractivity contribution in [2.75, 3.05) is 52.7 Å². The van der Waals surface area contributed by atoms with E-state index in [9.17, 15) is 14.4 Å². The van der Waals surface area contributed by atoms with Gasteiger partial charge in [0.15, 0.2) is 17.3 Å². The number of carbonyl (C=O) groups is 3. The van der Waals surface area contributed by atoms with Gasteiger partial charge in [-0.15, -0.1) is 0 Å². The number of ether oxygens (including phenoxy) is 4. The summed E-state index contributed by atoms with van der Waals surface area (Å²) in [6.07, 6.45) is 5.57. The molecule has 3 aliphatic heterocycles. The van der Waals surface area contributed by atoms with Gasteiger partial charge in [-0.3, -0.25) is 14.4 Å². The predicted molar refractivity (Wildman–Crippen MR) is 138 cm³/mol. The van der Waals surface area contributed by atoms with Crippen molar-refractivity contribution in [3.63, 3.8) is 0 Å². The monoisotopic (exact) mass is 528 g/mol. The molecule has 10 nitrogen and oxygen atoms in total. The molecule has 38 heavy (non-hydrogen) atoms. The molecule has 206 valence electrons. The maximum absolute atomic E-state index is 13.5. The zero-order valence-electron chi connectivity index (χ0n) is 21.6. The first-order chi connectivity index (χ1) is 18.5. The van der Waals surface area contributed by atoms with Crippen LogP contribution in [-0.4, -0.2) is 92.5 Å². The number of fused-ring (bicyclic) bond motifs is 1. The largest absolute Gasteiger partial charge is 0.491 e. The Morgan fingerprint density at radius 2 is 1.87 bits per heavy atom. The van der Waals surface area contributed by atoms with Gasteiger partial charge >= 0.3 is 0 Å². The summed E-state index contributed by atoms with van der Waals surface area (Å²) in [7, 11) is 0.